The van der Waals surface area contributed by atoms with Crippen molar-refractivity contribution in [2.45, 2.75) is 40.2 Å². The van der Waals surface area contributed by atoms with Crippen LogP contribution in [0.2, 0.25) is 0 Å². The highest BCUT2D eigenvalue weighted by Crippen LogP contribution is 2.12. The van der Waals surface area contributed by atoms with Crippen molar-refractivity contribution in [1.82, 2.24) is 9.97 Å². The molecule has 18 heavy (non-hydrogen) atoms. The molecular formula is C13H24N4O. The molecule has 0 saturated carbocycles. The van der Waals surface area contributed by atoms with Crippen molar-refractivity contribution in [1.29, 1.82) is 0 Å². The van der Waals surface area contributed by atoms with Gasteiger partial charge in [0.2, 0.25) is 11.8 Å². The van der Waals surface area contributed by atoms with Crippen LogP contribution < -0.4 is 15.8 Å². The van der Waals surface area contributed by atoms with E-state index in [0.29, 0.717) is 30.9 Å². The van der Waals surface area contributed by atoms with E-state index in [1.54, 1.807) is 0 Å². The first-order chi connectivity index (χ1) is 8.51. The first-order valence-electron chi connectivity index (χ1n) is 6.49. The Morgan fingerprint density at radius 2 is 2.11 bits per heavy atom. The van der Waals surface area contributed by atoms with Crippen molar-refractivity contribution in [2.75, 3.05) is 18.5 Å². The number of nitrogens with one attached hydrogen (secondary N) is 1. The van der Waals surface area contributed by atoms with E-state index in [1.807, 2.05) is 19.9 Å². The maximum Gasteiger partial charge on any atom is 0.226 e. The van der Waals surface area contributed by atoms with Gasteiger partial charge in [0, 0.05) is 24.3 Å². The number of hydrogen-bond acceptors (Lipinski definition) is 5. The number of aryl methyl sites for hydroxylation is 1. The molecular weight excluding hydrogens is 228 g/mol. The molecule has 1 atom stereocenters. The van der Waals surface area contributed by atoms with Crippen molar-refractivity contribution in [3.05, 3.63) is 11.8 Å². The van der Waals surface area contributed by atoms with Crippen LogP contribution in [-0.4, -0.2) is 29.2 Å². The summed E-state index contributed by atoms with van der Waals surface area (Å²) in [5.74, 6) is 1.78. The minimum atomic E-state index is 0.115. The maximum atomic E-state index is 6.01. The Balaban J connectivity index is 2.56. The Hall–Kier alpha value is -1.36. The second kappa shape index (κ2) is 7.16. The molecule has 0 spiro atoms. The average molecular weight is 252 g/mol. The minimum Gasteiger partial charge on any atom is -0.478 e. The fraction of sp³-hybridized carbons (Fsp3) is 0.692. The van der Waals surface area contributed by atoms with E-state index in [-0.39, 0.29) is 6.04 Å². The summed E-state index contributed by atoms with van der Waals surface area (Å²) < 4.78 is 5.38. The lowest BCUT2D eigenvalue weighted by Gasteiger charge is -2.15. The van der Waals surface area contributed by atoms with E-state index in [0.717, 1.165) is 12.1 Å². The molecule has 5 heteroatoms. The number of aromatic nitrogens is 2. The first-order valence-corrected chi connectivity index (χ1v) is 6.49. The first kappa shape index (κ1) is 14.7. The third kappa shape index (κ3) is 5.31. The normalized spacial score (nSPS) is 12.6. The van der Waals surface area contributed by atoms with Crippen LogP contribution in [0.15, 0.2) is 6.07 Å². The Labute approximate surface area is 109 Å². The van der Waals surface area contributed by atoms with Gasteiger partial charge in [-0.3, -0.25) is 0 Å². The number of ether oxygens (including phenoxy) is 1. The van der Waals surface area contributed by atoms with Gasteiger partial charge in [0.1, 0.15) is 0 Å². The zero-order valence-electron chi connectivity index (χ0n) is 11.7. The summed E-state index contributed by atoms with van der Waals surface area (Å²) in [6.07, 6.45) is 0.983. The molecule has 0 amide bonds. The van der Waals surface area contributed by atoms with Crippen LogP contribution in [0.1, 0.15) is 32.9 Å². The van der Waals surface area contributed by atoms with E-state index < -0.39 is 0 Å². The van der Waals surface area contributed by atoms with Crippen molar-refractivity contribution < 1.29 is 4.74 Å². The zero-order chi connectivity index (χ0) is 13.5. The molecule has 0 saturated heterocycles. The summed E-state index contributed by atoms with van der Waals surface area (Å²) in [6, 6.07) is 1.94. The van der Waals surface area contributed by atoms with Gasteiger partial charge in [-0.2, -0.15) is 4.98 Å². The van der Waals surface area contributed by atoms with Gasteiger partial charge in [-0.05, 0) is 26.2 Å². The third-order valence-corrected chi connectivity index (χ3v) is 2.42. The Kier molecular flexibility index (Phi) is 5.85. The average Bonchev–Trinajstić information content (AvgIpc) is 2.25. The van der Waals surface area contributed by atoms with Crippen LogP contribution in [0.25, 0.3) is 0 Å². The molecule has 0 aliphatic heterocycles. The van der Waals surface area contributed by atoms with Crippen LogP contribution >= 0.6 is 0 Å². The van der Waals surface area contributed by atoms with Gasteiger partial charge in [-0.25, -0.2) is 4.98 Å². The van der Waals surface area contributed by atoms with Gasteiger partial charge in [0.05, 0.1) is 6.61 Å². The van der Waals surface area contributed by atoms with Crippen molar-refractivity contribution in [2.24, 2.45) is 11.7 Å². The summed E-state index contributed by atoms with van der Waals surface area (Å²) in [6.45, 7) is 9.45. The third-order valence-electron chi connectivity index (χ3n) is 2.42. The van der Waals surface area contributed by atoms with Gasteiger partial charge < -0.3 is 15.8 Å². The Bertz CT molecular complexity index is 368. The molecule has 5 nitrogen and oxygen atoms in total. The van der Waals surface area contributed by atoms with Gasteiger partial charge in [0.15, 0.2) is 0 Å². The molecule has 1 aromatic heterocycles. The highest BCUT2D eigenvalue weighted by Gasteiger charge is 2.07. The molecule has 102 valence electrons. The molecule has 0 aliphatic rings. The molecule has 0 bridgehead atoms. The molecule has 0 fully saturated rings. The predicted molar refractivity (Wildman–Crippen MR) is 73.9 cm³/mol. The summed E-state index contributed by atoms with van der Waals surface area (Å²) in [5.41, 5.74) is 6.89. The van der Waals surface area contributed by atoms with Crippen molar-refractivity contribution in [3.63, 3.8) is 0 Å². The van der Waals surface area contributed by atoms with E-state index in [9.17, 15) is 0 Å². The molecule has 1 rings (SSSR count). The molecule has 0 radical (unpaired) electrons. The topological polar surface area (TPSA) is 73.1 Å². The highest BCUT2D eigenvalue weighted by atomic mass is 16.5. The number of nitrogens with zero attached hydrogens (tertiary/aromatic N) is 2. The second-order valence-electron chi connectivity index (χ2n) is 4.87. The van der Waals surface area contributed by atoms with E-state index >= 15 is 0 Å². The lowest BCUT2D eigenvalue weighted by atomic mass is 10.0. The van der Waals surface area contributed by atoms with E-state index in [2.05, 4.69) is 29.1 Å². The second-order valence-corrected chi connectivity index (χ2v) is 4.87. The van der Waals surface area contributed by atoms with Gasteiger partial charge in [-0.1, -0.05) is 13.8 Å². The fourth-order valence-corrected chi connectivity index (χ4v) is 1.75. The SMILES string of the molecule is CCOc1cc(C)nc(NCC(N)CC(C)C)n1. The number of nitrogens with two attached hydrogens (primary N) is 1. The Morgan fingerprint density at radius 3 is 2.72 bits per heavy atom. The van der Waals surface area contributed by atoms with Gasteiger partial charge in [0.25, 0.3) is 0 Å². The maximum absolute atomic E-state index is 6.01. The van der Waals surface area contributed by atoms with Crippen LogP contribution in [0.5, 0.6) is 5.88 Å². The van der Waals surface area contributed by atoms with E-state index in [1.165, 1.54) is 0 Å². The van der Waals surface area contributed by atoms with Crippen molar-refractivity contribution in [3.8, 4) is 5.88 Å². The molecule has 0 aliphatic carbocycles. The standard InChI is InChI=1S/C13H24N4O/c1-5-18-12-7-10(4)16-13(17-12)15-8-11(14)6-9(2)3/h7,9,11H,5-6,8,14H2,1-4H3,(H,15,16,17). The van der Waals surface area contributed by atoms with Gasteiger partial charge in [-0.15, -0.1) is 0 Å². The zero-order valence-corrected chi connectivity index (χ0v) is 11.7. The molecule has 3 N–H and O–H groups in total. The summed E-state index contributed by atoms with van der Waals surface area (Å²) in [5, 5.41) is 3.16. The molecule has 1 aromatic rings. The lowest BCUT2D eigenvalue weighted by molar-refractivity contribution is 0.326. The lowest BCUT2D eigenvalue weighted by Crippen LogP contribution is -2.31. The van der Waals surface area contributed by atoms with Crippen LogP contribution in [0.3, 0.4) is 0 Å². The molecule has 0 aromatic carbocycles. The number of anilines is 1. The van der Waals surface area contributed by atoms with E-state index in [4.69, 9.17) is 10.5 Å². The van der Waals surface area contributed by atoms with Gasteiger partial charge >= 0.3 is 0 Å². The minimum absolute atomic E-state index is 0.115. The predicted octanol–water partition coefficient (Wildman–Crippen LogP) is 1.97. The van der Waals surface area contributed by atoms with Crippen molar-refractivity contribution >= 4 is 5.95 Å². The summed E-state index contributed by atoms with van der Waals surface area (Å²) >= 11 is 0. The fourth-order valence-electron chi connectivity index (χ4n) is 1.75. The molecule has 1 unspecified atom stereocenters. The summed E-state index contributed by atoms with van der Waals surface area (Å²) in [7, 11) is 0. The number of hydrogen-bond donors (Lipinski definition) is 2. The smallest absolute Gasteiger partial charge is 0.226 e. The Morgan fingerprint density at radius 1 is 1.39 bits per heavy atom. The molecule has 1 heterocycles. The highest BCUT2D eigenvalue weighted by molar-refractivity contribution is 5.30. The monoisotopic (exact) mass is 252 g/mol. The summed E-state index contributed by atoms with van der Waals surface area (Å²) in [4.78, 5) is 8.58. The number of rotatable bonds is 7. The van der Waals surface area contributed by atoms with Crippen LogP contribution in [0, 0.1) is 12.8 Å². The quantitative estimate of drug-likeness (QED) is 0.776. The van der Waals surface area contributed by atoms with Crippen LogP contribution in [-0.2, 0) is 0 Å². The largest absolute Gasteiger partial charge is 0.478 e. The van der Waals surface area contributed by atoms with Crippen LogP contribution in [0.4, 0.5) is 5.95 Å².